The number of carboxylic acid groups (broad SMARTS) is 4. The maximum atomic E-state index is 12.5. The molecule has 0 fully saturated rings. The number of aliphatic carboxylic acids is 4. The zero-order chi connectivity index (χ0) is 45.8. The van der Waals surface area contributed by atoms with Crippen LogP contribution in [0.5, 0.6) is 0 Å². The van der Waals surface area contributed by atoms with Crippen LogP contribution in [0.1, 0.15) is 33.6 Å². The molecule has 0 saturated heterocycles. The van der Waals surface area contributed by atoms with Gasteiger partial charge in [-0.1, -0.05) is 27.4 Å². The second-order valence-corrected chi connectivity index (χ2v) is 15.6. The van der Waals surface area contributed by atoms with Gasteiger partial charge in [-0.05, 0) is 12.8 Å². The van der Waals surface area contributed by atoms with E-state index in [2.05, 4.69) is 29.1 Å². The number of hydrogen-bond acceptors (Lipinski definition) is 19. The summed E-state index contributed by atoms with van der Waals surface area (Å²) in [6, 6.07) is 0. The number of ether oxygens (including phenoxy) is 6. The van der Waals surface area contributed by atoms with Gasteiger partial charge in [0.05, 0.1) is 43.7 Å². The molecule has 3 amide bonds. The third-order valence-corrected chi connectivity index (χ3v) is 11.1. The number of carbonyl (C=O) groups is 10. The van der Waals surface area contributed by atoms with E-state index in [-0.39, 0.29) is 49.3 Å². The van der Waals surface area contributed by atoms with Crippen molar-refractivity contribution in [2.24, 2.45) is 17.8 Å². The Balaban J connectivity index is 4.71. The molecule has 7 N–H and O–H groups in total. The SMILES string of the molecule is C=CNC(=O)OCC(CSCC(C)C(=O)OC(=C)OC(=O)NCCOC(=O)C(C)CSC(CC(=O)O)C(=O)O)OC(=O)NCCOC(=O)C(C)CSC(CC(=O)O)C(=O)O. The molecule has 60 heavy (non-hydrogen) atoms. The third-order valence-electron chi connectivity index (χ3n) is 6.79. The lowest BCUT2D eigenvalue weighted by Crippen LogP contribution is -2.36. The van der Waals surface area contributed by atoms with Crippen LogP contribution in [0, 0.1) is 17.8 Å². The van der Waals surface area contributed by atoms with Crippen LogP contribution < -0.4 is 16.0 Å². The monoisotopic (exact) mass is 915 g/mol. The van der Waals surface area contributed by atoms with E-state index in [4.69, 9.17) is 48.8 Å². The van der Waals surface area contributed by atoms with Crippen LogP contribution in [-0.4, -0.2) is 153 Å². The van der Waals surface area contributed by atoms with Gasteiger partial charge in [-0.3, -0.25) is 38.9 Å². The fourth-order valence-corrected chi connectivity index (χ4v) is 6.90. The Labute approximate surface area is 356 Å². The van der Waals surface area contributed by atoms with Crippen molar-refractivity contribution >= 4 is 95.4 Å². The highest BCUT2D eigenvalue weighted by Crippen LogP contribution is 2.21. The lowest BCUT2D eigenvalue weighted by atomic mass is 10.2. The predicted molar refractivity (Wildman–Crippen MR) is 212 cm³/mol. The van der Waals surface area contributed by atoms with E-state index < -0.39 is 120 Å². The first kappa shape index (κ1) is 54.6. The van der Waals surface area contributed by atoms with Crippen LogP contribution in [0.4, 0.5) is 14.4 Å². The molecule has 0 aromatic heterocycles. The van der Waals surface area contributed by atoms with Crippen molar-refractivity contribution in [2.75, 3.05) is 55.9 Å². The molecule has 0 heterocycles. The molecule has 338 valence electrons. The van der Waals surface area contributed by atoms with E-state index in [1.54, 1.807) is 0 Å². The Bertz CT molecular complexity index is 1530. The van der Waals surface area contributed by atoms with Crippen LogP contribution in [-0.2, 0) is 62.0 Å². The second-order valence-electron chi connectivity index (χ2n) is 12.1. The highest BCUT2D eigenvalue weighted by Gasteiger charge is 2.27. The topological polar surface area (TPSA) is 343 Å². The molecule has 0 saturated carbocycles. The number of amides is 3. The third kappa shape index (κ3) is 26.6. The zero-order valence-electron chi connectivity index (χ0n) is 32.8. The van der Waals surface area contributed by atoms with Gasteiger partial charge in [0.25, 0.3) is 5.95 Å². The number of carboxylic acids is 4. The summed E-state index contributed by atoms with van der Waals surface area (Å²) in [5, 5.41) is 40.1. The quantitative estimate of drug-likeness (QED) is 0.0225. The van der Waals surface area contributed by atoms with Crippen molar-refractivity contribution in [3.8, 4) is 0 Å². The number of alkyl carbamates (subject to hydrolysis) is 3. The van der Waals surface area contributed by atoms with E-state index in [9.17, 15) is 47.9 Å². The summed E-state index contributed by atoms with van der Waals surface area (Å²) in [6.45, 7) is 9.63. The molecule has 0 radical (unpaired) electrons. The molecule has 0 bridgehead atoms. The lowest BCUT2D eigenvalue weighted by molar-refractivity contribution is -0.148. The average Bonchev–Trinajstić information content (AvgIpc) is 3.16. The minimum Gasteiger partial charge on any atom is -0.481 e. The summed E-state index contributed by atoms with van der Waals surface area (Å²) in [4.78, 5) is 117. The fourth-order valence-electron chi connectivity index (χ4n) is 3.72. The van der Waals surface area contributed by atoms with Gasteiger partial charge in [0.15, 0.2) is 0 Å². The molecular weight excluding hydrogens is 867 g/mol. The van der Waals surface area contributed by atoms with Gasteiger partial charge in [-0.25, -0.2) is 14.4 Å². The van der Waals surface area contributed by atoms with Crippen molar-refractivity contribution in [1.29, 1.82) is 0 Å². The highest BCUT2D eigenvalue weighted by molar-refractivity contribution is 8.00. The molecule has 26 heteroatoms. The standard InChI is InChI=1S/C34H49N3O20S3/c1-6-35-32(49)54-13-22(57-34(51)37-8-10-53-30(47)20(4)16-60-24(28(44)45)12-26(40)41)17-58-14-18(2)31(48)55-21(5)56-33(50)36-7-9-52-29(46)19(3)15-59-23(27(42)43)11-25(38)39/h6,18-20,22-24H,1,5,7-17H2,2-4H3,(H,35,49)(H,36,50)(H,37,51)(H,38,39)(H,40,41)(H,42,43)(H,44,45). The minimum absolute atomic E-state index is 0.00537. The van der Waals surface area contributed by atoms with Gasteiger partial charge in [0.2, 0.25) is 0 Å². The molecule has 0 spiro atoms. The predicted octanol–water partition coefficient (Wildman–Crippen LogP) is 1.74. The number of thioether (sulfide) groups is 3. The Kier molecular flexibility index (Phi) is 27.9. The largest absolute Gasteiger partial charge is 0.481 e. The first-order valence-electron chi connectivity index (χ1n) is 17.5. The number of hydrogen-bond donors (Lipinski definition) is 7. The molecule has 0 rings (SSSR count). The summed E-state index contributed by atoms with van der Waals surface area (Å²) in [5.74, 6) is -10.6. The Hall–Kier alpha value is -5.37. The number of rotatable bonds is 31. The number of nitrogens with one attached hydrogen (secondary N) is 3. The van der Waals surface area contributed by atoms with E-state index in [1.165, 1.54) is 20.8 Å². The van der Waals surface area contributed by atoms with Crippen molar-refractivity contribution < 1.29 is 96.8 Å². The van der Waals surface area contributed by atoms with Gasteiger partial charge in [-0.15, -0.1) is 23.5 Å². The smallest absolute Gasteiger partial charge is 0.415 e. The second kappa shape index (κ2) is 30.6. The zero-order valence-corrected chi connectivity index (χ0v) is 35.2. The van der Waals surface area contributed by atoms with E-state index in [0.29, 0.717) is 0 Å². The van der Waals surface area contributed by atoms with Crippen LogP contribution in [0.25, 0.3) is 0 Å². The fraction of sp³-hybridized carbons (Fsp3) is 0.588. The van der Waals surface area contributed by atoms with Crippen LogP contribution in [0.2, 0.25) is 0 Å². The Morgan fingerprint density at radius 2 is 1.08 bits per heavy atom. The van der Waals surface area contributed by atoms with E-state index in [0.717, 1.165) is 41.5 Å². The van der Waals surface area contributed by atoms with Crippen molar-refractivity contribution in [2.45, 2.75) is 50.2 Å². The lowest BCUT2D eigenvalue weighted by Gasteiger charge is -2.19. The van der Waals surface area contributed by atoms with Gasteiger partial charge >= 0.3 is 60.1 Å². The van der Waals surface area contributed by atoms with E-state index >= 15 is 0 Å². The Morgan fingerprint density at radius 3 is 1.53 bits per heavy atom. The highest BCUT2D eigenvalue weighted by atomic mass is 32.2. The molecule has 0 aliphatic heterocycles. The maximum absolute atomic E-state index is 12.5. The summed E-state index contributed by atoms with van der Waals surface area (Å²) < 4.78 is 30.1. The van der Waals surface area contributed by atoms with Gasteiger partial charge in [-0.2, -0.15) is 11.8 Å². The van der Waals surface area contributed by atoms with E-state index in [1.807, 2.05) is 0 Å². The molecule has 0 aliphatic rings. The summed E-state index contributed by atoms with van der Waals surface area (Å²) >= 11 is 2.65. The summed E-state index contributed by atoms with van der Waals surface area (Å²) in [6.07, 6.45) is -4.21. The van der Waals surface area contributed by atoms with Crippen LogP contribution in [0.3, 0.4) is 0 Å². The van der Waals surface area contributed by atoms with Gasteiger partial charge < -0.3 is 59.5 Å². The molecule has 6 unspecified atom stereocenters. The molecule has 0 aliphatic carbocycles. The van der Waals surface area contributed by atoms with Crippen molar-refractivity contribution in [3.63, 3.8) is 0 Å². The van der Waals surface area contributed by atoms with Gasteiger partial charge in [0.1, 0.15) is 36.4 Å². The maximum Gasteiger partial charge on any atom is 0.415 e. The van der Waals surface area contributed by atoms with Crippen molar-refractivity contribution in [3.05, 3.63) is 25.3 Å². The number of esters is 3. The first-order valence-corrected chi connectivity index (χ1v) is 20.8. The summed E-state index contributed by atoms with van der Waals surface area (Å²) in [5.41, 5.74) is 0. The first-order chi connectivity index (χ1) is 28.2. The minimum atomic E-state index is -1.33. The molecule has 0 aromatic rings. The molecule has 6 atom stereocenters. The molecule has 0 aromatic carbocycles. The summed E-state index contributed by atoms with van der Waals surface area (Å²) in [7, 11) is 0. The average molecular weight is 916 g/mol. The number of carbonyl (C=O) groups excluding carboxylic acids is 6. The van der Waals surface area contributed by atoms with Crippen LogP contribution in [0.15, 0.2) is 25.3 Å². The van der Waals surface area contributed by atoms with Gasteiger partial charge in [0, 0.05) is 23.0 Å². The van der Waals surface area contributed by atoms with Crippen LogP contribution >= 0.6 is 35.3 Å². The van der Waals surface area contributed by atoms with Crippen molar-refractivity contribution in [1.82, 2.24) is 16.0 Å². The molecular formula is C34H49N3O20S3. The normalized spacial score (nSPS) is 13.5. The Morgan fingerprint density at radius 1 is 0.617 bits per heavy atom. The molecule has 23 nitrogen and oxygen atoms in total.